The molecule has 1 aromatic rings. The smallest absolute Gasteiger partial charge is 0.217 e. The molecular weight excluding hydrogens is 224 g/mol. The molecule has 0 bridgehead atoms. The SMILES string of the molecule is COc1nccc(Cl)c1CC1CCCNC1. The van der Waals surface area contributed by atoms with Gasteiger partial charge >= 0.3 is 0 Å². The molecule has 1 fully saturated rings. The zero-order chi connectivity index (χ0) is 11.4. The van der Waals surface area contributed by atoms with Crippen LogP contribution in [-0.2, 0) is 6.42 Å². The van der Waals surface area contributed by atoms with E-state index in [-0.39, 0.29) is 0 Å². The second kappa shape index (κ2) is 5.51. The van der Waals surface area contributed by atoms with Crippen molar-refractivity contribution in [3.05, 3.63) is 22.8 Å². The lowest BCUT2D eigenvalue weighted by atomic mass is 9.93. The Morgan fingerprint density at radius 3 is 3.19 bits per heavy atom. The third-order valence-corrected chi connectivity index (χ3v) is 3.40. The summed E-state index contributed by atoms with van der Waals surface area (Å²) < 4.78 is 5.25. The molecule has 0 spiro atoms. The van der Waals surface area contributed by atoms with Gasteiger partial charge in [-0.25, -0.2) is 4.98 Å². The molecule has 1 saturated heterocycles. The lowest BCUT2D eigenvalue weighted by Crippen LogP contribution is -2.31. The Labute approximate surface area is 101 Å². The summed E-state index contributed by atoms with van der Waals surface area (Å²) in [7, 11) is 1.64. The molecule has 3 nitrogen and oxygen atoms in total. The molecule has 2 heterocycles. The Kier molecular flexibility index (Phi) is 4.02. The number of rotatable bonds is 3. The molecule has 0 saturated carbocycles. The highest BCUT2D eigenvalue weighted by atomic mass is 35.5. The molecule has 1 N–H and O–H groups in total. The molecule has 1 unspecified atom stereocenters. The van der Waals surface area contributed by atoms with Crippen LogP contribution >= 0.6 is 11.6 Å². The largest absolute Gasteiger partial charge is 0.481 e. The zero-order valence-corrected chi connectivity index (χ0v) is 10.3. The van der Waals surface area contributed by atoms with Gasteiger partial charge in [0.25, 0.3) is 0 Å². The van der Waals surface area contributed by atoms with E-state index in [0.29, 0.717) is 11.8 Å². The summed E-state index contributed by atoms with van der Waals surface area (Å²) in [5.74, 6) is 1.31. The van der Waals surface area contributed by atoms with Gasteiger partial charge in [0.1, 0.15) is 0 Å². The highest BCUT2D eigenvalue weighted by Crippen LogP contribution is 2.28. The van der Waals surface area contributed by atoms with Crippen molar-refractivity contribution in [3.63, 3.8) is 0 Å². The fourth-order valence-electron chi connectivity index (χ4n) is 2.20. The van der Waals surface area contributed by atoms with Crippen LogP contribution in [0.1, 0.15) is 18.4 Å². The normalized spacial score (nSPS) is 20.8. The second-order valence-corrected chi connectivity index (χ2v) is 4.60. The van der Waals surface area contributed by atoms with E-state index < -0.39 is 0 Å². The maximum Gasteiger partial charge on any atom is 0.217 e. The maximum atomic E-state index is 6.19. The molecule has 1 aliphatic rings. The first kappa shape index (κ1) is 11.7. The minimum absolute atomic E-state index is 0.643. The first-order valence-electron chi connectivity index (χ1n) is 5.69. The molecule has 88 valence electrons. The van der Waals surface area contributed by atoms with Crippen molar-refractivity contribution in [1.29, 1.82) is 0 Å². The van der Waals surface area contributed by atoms with Crippen LogP contribution in [0.3, 0.4) is 0 Å². The molecular formula is C12H17ClN2O. The van der Waals surface area contributed by atoms with Gasteiger partial charge in [-0.15, -0.1) is 0 Å². The van der Waals surface area contributed by atoms with Gasteiger partial charge in [0.2, 0.25) is 5.88 Å². The van der Waals surface area contributed by atoms with E-state index in [9.17, 15) is 0 Å². The maximum absolute atomic E-state index is 6.19. The summed E-state index contributed by atoms with van der Waals surface area (Å²) in [5, 5.41) is 4.17. The number of hydrogen-bond donors (Lipinski definition) is 1. The van der Waals surface area contributed by atoms with Crippen LogP contribution in [-0.4, -0.2) is 25.2 Å². The van der Waals surface area contributed by atoms with Gasteiger partial charge in [-0.05, 0) is 44.3 Å². The number of methoxy groups -OCH3 is 1. The van der Waals surface area contributed by atoms with Gasteiger partial charge in [-0.1, -0.05) is 11.6 Å². The topological polar surface area (TPSA) is 34.1 Å². The predicted molar refractivity (Wildman–Crippen MR) is 65.1 cm³/mol. The Balaban J connectivity index is 2.12. The Hall–Kier alpha value is -0.800. The minimum atomic E-state index is 0.643. The number of hydrogen-bond acceptors (Lipinski definition) is 3. The number of aromatic nitrogens is 1. The molecule has 0 radical (unpaired) electrons. The molecule has 0 amide bonds. The van der Waals surface area contributed by atoms with E-state index >= 15 is 0 Å². The van der Waals surface area contributed by atoms with Crippen molar-refractivity contribution in [2.75, 3.05) is 20.2 Å². The first-order valence-corrected chi connectivity index (χ1v) is 6.07. The van der Waals surface area contributed by atoms with Crippen LogP contribution in [0.5, 0.6) is 5.88 Å². The fraction of sp³-hybridized carbons (Fsp3) is 0.583. The predicted octanol–water partition coefficient (Wildman–Crippen LogP) is 2.29. The number of halogens is 1. The fourth-order valence-corrected chi connectivity index (χ4v) is 2.41. The van der Waals surface area contributed by atoms with Crippen molar-refractivity contribution in [3.8, 4) is 5.88 Å². The third kappa shape index (κ3) is 2.66. The second-order valence-electron chi connectivity index (χ2n) is 4.20. The average molecular weight is 241 g/mol. The standard InChI is InChI=1S/C12H17ClN2O/c1-16-12-10(11(13)4-6-15-12)7-9-3-2-5-14-8-9/h4,6,9,14H,2-3,5,7-8H2,1H3. The summed E-state index contributed by atoms with van der Waals surface area (Å²) in [6, 6.07) is 1.83. The van der Waals surface area contributed by atoms with Crippen LogP contribution in [0.15, 0.2) is 12.3 Å². The lowest BCUT2D eigenvalue weighted by molar-refractivity contribution is 0.358. The number of nitrogens with one attached hydrogen (secondary N) is 1. The number of ether oxygens (including phenoxy) is 1. The van der Waals surface area contributed by atoms with E-state index in [4.69, 9.17) is 16.3 Å². The lowest BCUT2D eigenvalue weighted by Gasteiger charge is -2.23. The highest BCUT2D eigenvalue weighted by Gasteiger charge is 2.18. The summed E-state index contributed by atoms with van der Waals surface area (Å²) in [4.78, 5) is 4.20. The van der Waals surface area contributed by atoms with Crippen molar-refractivity contribution in [1.82, 2.24) is 10.3 Å². The van der Waals surface area contributed by atoms with Gasteiger partial charge in [-0.3, -0.25) is 0 Å². The number of pyridine rings is 1. The van der Waals surface area contributed by atoms with E-state index in [2.05, 4.69) is 10.3 Å². The van der Waals surface area contributed by atoms with Gasteiger partial charge in [0.15, 0.2) is 0 Å². The van der Waals surface area contributed by atoms with Crippen LogP contribution in [0, 0.1) is 5.92 Å². The molecule has 2 rings (SSSR count). The van der Waals surface area contributed by atoms with E-state index in [0.717, 1.165) is 30.1 Å². The van der Waals surface area contributed by atoms with E-state index in [1.807, 2.05) is 6.07 Å². The van der Waals surface area contributed by atoms with Crippen molar-refractivity contribution >= 4 is 11.6 Å². The summed E-state index contributed by atoms with van der Waals surface area (Å²) in [5.41, 5.74) is 1.04. The van der Waals surface area contributed by atoms with Crippen LogP contribution in [0.25, 0.3) is 0 Å². The van der Waals surface area contributed by atoms with Crippen molar-refractivity contribution in [2.24, 2.45) is 5.92 Å². The Morgan fingerprint density at radius 1 is 1.62 bits per heavy atom. The summed E-state index contributed by atoms with van der Waals surface area (Å²) >= 11 is 6.19. The monoisotopic (exact) mass is 240 g/mol. The van der Waals surface area contributed by atoms with Gasteiger partial charge in [0.05, 0.1) is 12.1 Å². The van der Waals surface area contributed by atoms with Gasteiger partial charge in [0, 0.05) is 11.8 Å². The number of piperidine rings is 1. The minimum Gasteiger partial charge on any atom is -0.481 e. The first-order chi connectivity index (χ1) is 7.81. The van der Waals surface area contributed by atoms with Crippen LogP contribution in [0.2, 0.25) is 5.02 Å². The Morgan fingerprint density at radius 2 is 2.50 bits per heavy atom. The van der Waals surface area contributed by atoms with E-state index in [1.54, 1.807) is 13.3 Å². The van der Waals surface area contributed by atoms with Crippen LogP contribution < -0.4 is 10.1 Å². The molecule has 1 aliphatic heterocycles. The quantitative estimate of drug-likeness (QED) is 0.880. The Bertz CT molecular complexity index is 351. The molecule has 4 heteroatoms. The zero-order valence-electron chi connectivity index (χ0n) is 9.50. The third-order valence-electron chi connectivity index (χ3n) is 3.04. The van der Waals surface area contributed by atoms with Crippen molar-refractivity contribution < 1.29 is 4.74 Å². The molecule has 1 atom stereocenters. The summed E-state index contributed by atoms with van der Waals surface area (Å²) in [6.45, 7) is 2.20. The van der Waals surface area contributed by atoms with Crippen molar-refractivity contribution in [2.45, 2.75) is 19.3 Å². The molecule has 0 aliphatic carbocycles. The molecule has 1 aromatic heterocycles. The van der Waals surface area contributed by atoms with Gasteiger partial charge < -0.3 is 10.1 Å². The summed E-state index contributed by atoms with van der Waals surface area (Å²) in [6.07, 6.45) is 5.12. The molecule has 16 heavy (non-hydrogen) atoms. The average Bonchev–Trinajstić information content (AvgIpc) is 2.33. The molecule has 0 aromatic carbocycles. The van der Waals surface area contributed by atoms with Gasteiger partial charge in [-0.2, -0.15) is 0 Å². The highest BCUT2D eigenvalue weighted by molar-refractivity contribution is 6.31. The van der Waals surface area contributed by atoms with E-state index in [1.165, 1.54) is 12.8 Å². The van der Waals surface area contributed by atoms with Crippen LogP contribution in [0.4, 0.5) is 0 Å². The number of nitrogens with zero attached hydrogens (tertiary/aromatic N) is 1.